The minimum absolute atomic E-state index is 0.124. The number of sulfonamides is 1. The minimum atomic E-state index is -3.75. The molecule has 2 atom stereocenters. The molecule has 1 fully saturated rings. The summed E-state index contributed by atoms with van der Waals surface area (Å²) >= 11 is 0. The Morgan fingerprint density at radius 2 is 2.33 bits per heavy atom. The molecule has 7 heteroatoms. The Bertz CT molecular complexity index is 515. The number of nitrogens with zero attached hydrogens (tertiary/aromatic N) is 1. The lowest BCUT2D eigenvalue weighted by atomic mass is 10.1. The third kappa shape index (κ3) is 3.04. The number of rotatable bonds is 4. The van der Waals surface area contributed by atoms with Crippen LogP contribution in [0.25, 0.3) is 0 Å². The predicted octanol–water partition coefficient (Wildman–Crippen LogP) is 1.07. The first-order chi connectivity index (χ1) is 8.49. The van der Waals surface area contributed by atoms with Crippen LogP contribution in [-0.2, 0) is 14.8 Å². The molecule has 2 rings (SSSR count). The van der Waals surface area contributed by atoms with Gasteiger partial charge < -0.3 is 4.74 Å². The molecule has 0 bridgehead atoms. The van der Waals surface area contributed by atoms with Gasteiger partial charge in [-0.1, -0.05) is 0 Å². The molecule has 2 heterocycles. The predicted molar refractivity (Wildman–Crippen MR) is 63.0 cm³/mol. The van der Waals surface area contributed by atoms with Crippen LogP contribution in [0.3, 0.4) is 0 Å². The van der Waals surface area contributed by atoms with E-state index in [1.165, 1.54) is 0 Å². The maximum atomic E-state index is 13.0. The Hall–Kier alpha value is -1.05. The van der Waals surface area contributed by atoms with Gasteiger partial charge in [0, 0.05) is 18.8 Å². The van der Waals surface area contributed by atoms with Crippen LogP contribution in [0.2, 0.25) is 0 Å². The first kappa shape index (κ1) is 13.4. The summed E-state index contributed by atoms with van der Waals surface area (Å²) in [7, 11) is -3.75. The lowest BCUT2D eigenvalue weighted by molar-refractivity contribution is 0.0902. The van der Waals surface area contributed by atoms with Crippen LogP contribution < -0.4 is 4.72 Å². The van der Waals surface area contributed by atoms with Gasteiger partial charge in [0.05, 0.1) is 12.3 Å². The van der Waals surface area contributed by atoms with Gasteiger partial charge in [0.15, 0.2) is 0 Å². The molecular weight excluding hydrogens is 259 g/mol. The first-order valence-corrected chi connectivity index (χ1v) is 7.22. The van der Waals surface area contributed by atoms with Crippen LogP contribution in [0.4, 0.5) is 4.39 Å². The highest BCUT2D eigenvalue weighted by Crippen LogP contribution is 2.17. The van der Waals surface area contributed by atoms with Crippen molar-refractivity contribution in [2.45, 2.75) is 36.8 Å². The second-order valence-electron chi connectivity index (χ2n) is 4.30. The Morgan fingerprint density at radius 1 is 1.56 bits per heavy atom. The van der Waals surface area contributed by atoms with E-state index in [1.54, 1.807) is 6.92 Å². The summed E-state index contributed by atoms with van der Waals surface area (Å²) in [6.45, 7) is 2.39. The number of halogens is 1. The van der Waals surface area contributed by atoms with Crippen molar-refractivity contribution in [2.24, 2.45) is 0 Å². The number of hydrogen-bond acceptors (Lipinski definition) is 4. The van der Waals surface area contributed by atoms with E-state index in [-0.39, 0.29) is 17.0 Å². The van der Waals surface area contributed by atoms with Crippen molar-refractivity contribution in [2.75, 3.05) is 6.61 Å². The van der Waals surface area contributed by atoms with Crippen molar-refractivity contribution >= 4 is 10.0 Å². The molecule has 1 saturated heterocycles. The largest absolute Gasteiger partial charge is 0.377 e. The summed E-state index contributed by atoms with van der Waals surface area (Å²) in [6, 6.07) is 0.596. The lowest BCUT2D eigenvalue weighted by Gasteiger charge is -2.19. The molecule has 0 spiro atoms. The Kier molecular flexibility index (Phi) is 3.94. The van der Waals surface area contributed by atoms with Crippen LogP contribution in [0.5, 0.6) is 0 Å². The summed E-state index contributed by atoms with van der Waals surface area (Å²) in [6.07, 6.45) is 3.71. The molecule has 1 aromatic rings. The van der Waals surface area contributed by atoms with E-state index < -0.39 is 15.8 Å². The molecule has 0 saturated carbocycles. The topological polar surface area (TPSA) is 68.3 Å². The smallest absolute Gasteiger partial charge is 0.242 e. The second kappa shape index (κ2) is 5.29. The molecule has 1 aromatic heterocycles. The average Bonchev–Trinajstić information content (AvgIpc) is 2.82. The van der Waals surface area contributed by atoms with E-state index in [0.717, 1.165) is 31.3 Å². The molecule has 0 amide bonds. The molecule has 0 radical (unpaired) electrons. The van der Waals surface area contributed by atoms with Crippen molar-refractivity contribution in [3.63, 3.8) is 0 Å². The molecule has 1 aliphatic rings. The summed E-state index contributed by atoms with van der Waals surface area (Å²) in [5, 5.41) is 0. The van der Waals surface area contributed by atoms with Crippen LogP contribution in [0.1, 0.15) is 19.8 Å². The monoisotopic (exact) mass is 274 g/mol. The summed E-state index contributed by atoms with van der Waals surface area (Å²) < 4.78 is 44.8. The number of aromatic nitrogens is 1. The summed E-state index contributed by atoms with van der Waals surface area (Å²) in [5.74, 6) is -0.678. The summed E-state index contributed by atoms with van der Waals surface area (Å²) in [4.78, 5) is 3.36. The van der Waals surface area contributed by atoms with E-state index in [2.05, 4.69) is 9.71 Å². The van der Waals surface area contributed by atoms with E-state index >= 15 is 0 Å². The number of hydrogen-bond donors (Lipinski definition) is 1. The standard InChI is InChI=1S/C11H15FN2O3S/c1-8(11-3-2-4-17-11)14-18(15,16)10-5-9(12)6-13-7-10/h5-8,11,14H,2-4H2,1H3. The van der Waals surface area contributed by atoms with Gasteiger partial charge in [0.25, 0.3) is 0 Å². The zero-order chi connectivity index (χ0) is 13.2. The molecule has 0 aliphatic carbocycles. The van der Waals surface area contributed by atoms with E-state index in [1.807, 2.05) is 0 Å². The lowest BCUT2D eigenvalue weighted by Crippen LogP contribution is -2.40. The van der Waals surface area contributed by atoms with Gasteiger partial charge >= 0.3 is 0 Å². The van der Waals surface area contributed by atoms with Crippen LogP contribution in [0, 0.1) is 5.82 Å². The SMILES string of the molecule is CC(NS(=O)(=O)c1cncc(F)c1)C1CCCO1. The van der Waals surface area contributed by atoms with Gasteiger partial charge in [-0.25, -0.2) is 17.5 Å². The van der Waals surface area contributed by atoms with Crippen molar-refractivity contribution < 1.29 is 17.5 Å². The fourth-order valence-electron chi connectivity index (χ4n) is 1.92. The average molecular weight is 274 g/mol. The quantitative estimate of drug-likeness (QED) is 0.891. The fourth-order valence-corrected chi connectivity index (χ4v) is 3.17. The third-order valence-electron chi connectivity index (χ3n) is 2.85. The third-order valence-corrected chi connectivity index (χ3v) is 4.38. The molecular formula is C11H15FN2O3S. The Balaban J connectivity index is 2.11. The number of ether oxygens (including phenoxy) is 1. The Morgan fingerprint density at radius 3 is 2.94 bits per heavy atom. The molecule has 1 N–H and O–H groups in total. The van der Waals surface area contributed by atoms with E-state index in [9.17, 15) is 12.8 Å². The second-order valence-corrected chi connectivity index (χ2v) is 6.01. The van der Waals surface area contributed by atoms with Crippen LogP contribution >= 0.6 is 0 Å². The van der Waals surface area contributed by atoms with Gasteiger partial charge in [0.2, 0.25) is 10.0 Å². The van der Waals surface area contributed by atoms with Gasteiger partial charge in [0.1, 0.15) is 10.7 Å². The van der Waals surface area contributed by atoms with Crippen LogP contribution in [-0.4, -0.2) is 32.2 Å². The fraction of sp³-hybridized carbons (Fsp3) is 0.545. The minimum Gasteiger partial charge on any atom is -0.377 e. The number of nitrogens with one attached hydrogen (secondary N) is 1. The molecule has 5 nitrogen and oxygen atoms in total. The van der Waals surface area contributed by atoms with Crippen LogP contribution in [0.15, 0.2) is 23.4 Å². The highest BCUT2D eigenvalue weighted by Gasteiger charge is 2.27. The van der Waals surface area contributed by atoms with E-state index in [4.69, 9.17) is 4.74 Å². The van der Waals surface area contributed by atoms with Gasteiger partial charge in [-0.05, 0) is 25.8 Å². The Labute approximate surface area is 105 Å². The number of pyridine rings is 1. The molecule has 0 aromatic carbocycles. The van der Waals surface area contributed by atoms with Gasteiger partial charge in [-0.3, -0.25) is 4.98 Å². The highest BCUT2D eigenvalue weighted by molar-refractivity contribution is 7.89. The van der Waals surface area contributed by atoms with Crippen molar-refractivity contribution in [1.82, 2.24) is 9.71 Å². The molecule has 18 heavy (non-hydrogen) atoms. The van der Waals surface area contributed by atoms with Crippen molar-refractivity contribution in [3.05, 3.63) is 24.3 Å². The van der Waals surface area contributed by atoms with Crippen molar-refractivity contribution in [1.29, 1.82) is 0 Å². The summed E-state index contributed by atoms with van der Waals surface area (Å²) in [5.41, 5.74) is 0. The molecule has 2 unspecified atom stereocenters. The molecule has 100 valence electrons. The zero-order valence-corrected chi connectivity index (χ0v) is 10.8. The zero-order valence-electron chi connectivity index (χ0n) is 9.97. The van der Waals surface area contributed by atoms with Gasteiger partial charge in [-0.2, -0.15) is 0 Å². The maximum absolute atomic E-state index is 13.0. The first-order valence-electron chi connectivity index (χ1n) is 5.73. The van der Waals surface area contributed by atoms with E-state index in [0.29, 0.717) is 6.61 Å². The maximum Gasteiger partial charge on any atom is 0.242 e. The molecule has 1 aliphatic heterocycles. The normalized spacial score (nSPS) is 22.0. The highest BCUT2D eigenvalue weighted by atomic mass is 32.2. The van der Waals surface area contributed by atoms with Crippen molar-refractivity contribution in [3.8, 4) is 0 Å². The van der Waals surface area contributed by atoms with Gasteiger partial charge in [-0.15, -0.1) is 0 Å².